The Morgan fingerprint density at radius 3 is 2.79 bits per heavy atom. The maximum atomic E-state index is 6.01. The van der Waals surface area contributed by atoms with Crippen molar-refractivity contribution in [3.05, 3.63) is 30.1 Å². The largest absolute Gasteiger partial charge is 0.330 e. The van der Waals surface area contributed by atoms with Crippen LogP contribution in [0.2, 0.25) is 0 Å². The Morgan fingerprint density at radius 2 is 2.14 bits per heavy atom. The molecule has 78 valence electrons. The smallest absolute Gasteiger partial charge is 0.0315 e. The molecule has 0 aromatic carbocycles. The van der Waals surface area contributed by atoms with Gasteiger partial charge in [0.05, 0.1) is 0 Å². The Balaban J connectivity index is 2.25. The van der Waals surface area contributed by atoms with Crippen molar-refractivity contribution in [2.75, 3.05) is 6.54 Å². The number of unbranched alkanes of at least 4 members (excludes halogenated alkanes) is 2. The normalized spacial score (nSPS) is 12.7. The molecule has 1 aromatic heterocycles. The standard InChI is InChI=1S/C11H19N3/c12-7-3-1-2-6-11(13)10-5-4-8-14-9-10/h4-5,8-9,11H,1-3,6-7,12-13H2/t11-/m0/s1. The molecule has 4 N–H and O–H groups in total. The first-order chi connectivity index (χ1) is 6.84. The molecule has 0 unspecified atom stereocenters. The zero-order valence-electron chi connectivity index (χ0n) is 8.52. The van der Waals surface area contributed by atoms with Gasteiger partial charge in [-0.2, -0.15) is 0 Å². The Bertz CT molecular complexity index is 236. The lowest BCUT2D eigenvalue weighted by molar-refractivity contribution is 0.572. The molecule has 3 nitrogen and oxygen atoms in total. The van der Waals surface area contributed by atoms with E-state index in [1.54, 1.807) is 6.20 Å². The van der Waals surface area contributed by atoms with Crippen LogP contribution in [0.25, 0.3) is 0 Å². The zero-order valence-corrected chi connectivity index (χ0v) is 8.52. The molecule has 0 amide bonds. The van der Waals surface area contributed by atoms with E-state index in [1.165, 1.54) is 6.42 Å². The Hall–Kier alpha value is -0.930. The molecule has 1 rings (SSSR count). The Morgan fingerprint density at radius 1 is 1.29 bits per heavy atom. The maximum absolute atomic E-state index is 6.01. The summed E-state index contributed by atoms with van der Waals surface area (Å²) in [6, 6.07) is 4.08. The van der Waals surface area contributed by atoms with Crippen molar-refractivity contribution < 1.29 is 0 Å². The second-order valence-corrected chi connectivity index (χ2v) is 3.53. The summed E-state index contributed by atoms with van der Waals surface area (Å²) in [7, 11) is 0. The minimum Gasteiger partial charge on any atom is -0.330 e. The fraction of sp³-hybridized carbons (Fsp3) is 0.545. The van der Waals surface area contributed by atoms with Gasteiger partial charge in [-0.15, -0.1) is 0 Å². The lowest BCUT2D eigenvalue weighted by Gasteiger charge is -2.10. The van der Waals surface area contributed by atoms with Crippen LogP contribution in [-0.4, -0.2) is 11.5 Å². The average Bonchev–Trinajstić information content (AvgIpc) is 2.25. The van der Waals surface area contributed by atoms with Gasteiger partial charge in [-0.25, -0.2) is 0 Å². The highest BCUT2D eigenvalue weighted by atomic mass is 14.7. The minimum atomic E-state index is 0.126. The van der Waals surface area contributed by atoms with Gasteiger partial charge in [0.2, 0.25) is 0 Å². The van der Waals surface area contributed by atoms with Crippen molar-refractivity contribution in [3.8, 4) is 0 Å². The summed E-state index contributed by atoms with van der Waals surface area (Å²) in [5, 5.41) is 0. The molecule has 0 aliphatic rings. The highest BCUT2D eigenvalue weighted by Gasteiger charge is 2.04. The molecule has 0 aliphatic carbocycles. The summed E-state index contributed by atoms with van der Waals surface area (Å²) in [4.78, 5) is 4.05. The van der Waals surface area contributed by atoms with E-state index in [4.69, 9.17) is 11.5 Å². The topological polar surface area (TPSA) is 64.9 Å². The van der Waals surface area contributed by atoms with Crippen LogP contribution in [0.3, 0.4) is 0 Å². The molecule has 0 saturated heterocycles. The van der Waals surface area contributed by atoms with Crippen molar-refractivity contribution in [1.82, 2.24) is 4.98 Å². The van der Waals surface area contributed by atoms with E-state index in [9.17, 15) is 0 Å². The number of pyridine rings is 1. The third-order valence-electron chi connectivity index (χ3n) is 2.33. The van der Waals surface area contributed by atoms with Crippen LogP contribution in [0.4, 0.5) is 0 Å². The quantitative estimate of drug-likeness (QED) is 0.674. The summed E-state index contributed by atoms with van der Waals surface area (Å²) in [5.41, 5.74) is 12.5. The molecule has 14 heavy (non-hydrogen) atoms. The van der Waals surface area contributed by atoms with E-state index in [2.05, 4.69) is 4.98 Å². The van der Waals surface area contributed by atoms with Gasteiger partial charge in [-0.1, -0.05) is 18.9 Å². The van der Waals surface area contributed by atoms with Crippen molar-refractivity contribution in [2.45, 2.75) is 31.7 Å². The molecule has 3 heteroatoms. The maximum Gasteiger partial charge on any atom is 0.0315 e. The summed E-state index contributed by atoms with van der Waals surface area (Å²) in [6.07, 6.45) is 8.04. The summed E-state index contributed by atoms with van der Waals surface area (Å²) in [5.74, 6) is 0. The first-order valence-electron chi connectivity index (χ1n) is 5.20. The monoisotopic (exact) mass is 193 g/mol. The molecule has 0 bridgehead atoms. The molecule has 0 spiro atoms. The minimum absolute atomic E-state index is 0.126. The van der Waals surface area contributed by atoms with Gasteiger partial charge in [0.15, 0.2) is 0 Å². The van der Waals surface area contributed by atoms with Crippen LogP contribution in [0, 0.1) is 0 Å². The Kier molecular flexibility index (Phi) is 5.19. The lowest BCUT2D eigenvalue weighted by Crippen LogP contribution is -2.10. The lowest BCUT2D eigenvalue weighted by atomic mass is 10.0. The highest BCUT2D eigenvalue weighted by Crippen LogP contribution is 2.15. The van der Waals surface area contributed by atoms with Gasteiger partial charge in [-0.3, -0.25) is 4.98 Å². The number of hydrogen-bond donors (Lipinski definition) is 2. The van der Waals surface area contributed by atoms with Gasteiger partial charge >= 0.3 is 0 Å². The molecular formula is C11H19N3. The average molecular weight is 193 g/mol. The van der Waals surface area contributed by atoms with Crippen molar-refractivity contribution in [2.24, 2.45) is 11.5 Å². The number of nitrogens with two attached hydrogens (primary N) is 2. The van der Waals surface area contributed by atoms with Crippen LogP contribution in [0.5, 0.6) is 0 Å². The van der Waals surface area contributed by atoms with E-state index < -0.39 is 0 Å². The first kappa shape index (κ1) is 11.1. The third kappa shape index (κ3) is 3.85. The van der Waals surface area contributed by atoms with Crippen LogP contribution in [0.1, 0.15) is 37.3 Å². The zero-order chi connectivity index (χ0) is 10.2. The summed E-state index contributed by atoms with van der Waals surface area (Å²) >= 11 is 0. The van der Waals surface area contributed by atoms with E-state index in [0.717, 1.165) is 31.4 Å². The second-order valence-electron chi connectivity index (χ2n) is 3.53. The highest BCUT2D eigenvalue weighted by molar-refractivity contribution is 5.12. The Labute approximate surface area is 85.5 Å². The van der Waals surface area contributed by atoms with Crippen molar-refractivity contribution in [3.63, 3.8) is 0 Å². The second kappa shape index (κ2) is 6.51. The van der Waals surface area contributed by atoms with Crippen LogP contribution in [0.15, 0.2) is 24.5 Å². The summed E-state index contributed by atoms with van der Waals surface area (Å²) < 4.78 is 0. The molecule has 0 radical (unpaired) electrons. The third-order valence-corrected chi connectivity index (χ3v) is 2.33. The molecule has 1 atom stereocenters. The van der Waals surface area contributed by atoms with Crippen LogP contribution in [-0.2, 0) is 0 Å². The fourth-order valence-corrected chi connectivity index (χ4v) is 1.45. The van der Waals surface area contributed by atoms with Crippen molar-refractivity contribution in [1.29, 1.82) is 0 Å². The number of hydrogen-bond acceptors (Lipinski definition) is 3. The first-order valence-corrected chi connectivity index (χ1v) is 5.20. The van der Waals surface area contributed by atoms with Gasteiger partial charge in [0.25, 0.3) is 0 Å². The predicted molar refractivity (Wildman–Crippen MR) is 58.7 cm³/mol. The van der Waals surface area contributed by atoms with Gasteiger partial charge < -0.3 is 11.5 Å². The van der Waals surface area contributed by atoms with Gasteiger partial charge in [-0.05, 0) is 31.0 Å². The molecule has 0 saturated carbocycles. The number of nitrogens with zero attached hydrogens (tertiary/aromatic N) is 1. The van der Waals surface area contributed by atoms with Gasteiger partial charge in [0.1, 0.15) is 0 Å². The fourth-order valence-electron chi connectivity index (χ4n) is 1.45. The van der Waals surface area contributed by atoms with E-state index >= 15 is 0 Å². The van der Waals surface area contributed by atoms with E-state index in [1.807, 2.05) is 18.3 Å². The van der Waals surface area contributed by atoms with Crippen LogP contribution >= 0.6 is 0 Å². The predicted octanol–water partition coefficient (Wildman–Crippen LogP) is 1.60. The number of aromatic nitrogens is 1. The SMILES string of the molecule is NCCCCC[C@H](N)c1cccnc1. The molecular weight excluding hydrogens is 174 g/mol. The summed E-state index contributed by atoms with van der Waals surface area (Å²) in [6.45, 7) is 0.780. The molecule has 1 heterocycles. The molecule has 1 aromatic rings. The van der Waals surface area contributed by atoms with E-state index in [-0.39, 0.29) is 6.04 Å². The van der Waals surface area contributed by atoms with Crippen molar-refractivity contribution >= 4 is 0 Å². The van der Waals surface area contributed by atoms with Gasteiger partial charge in [0, 0.05) is 18.4 Å². The van der Waals surface area contributed by atoms with Crippen LogP contribution < -0.4 is 11.5 Å². The van der Waals surface area contributed by atoms with E-state index in [0.29, 0.717) is 0 Å². The molecule has 0 aliphatic heterocycles. The molecule has 0 fully saturated rings. The number of rotatable bonds is 6.